The minimum Gasteiger partial charge on any atom is -0.449 e. The molecule has 3 aromatic rings. The third-order valence-electron chi connectivity index (χ3n) is 5.13. The number of nitrogens with one attached hydrogen (secondary N) is 2. The normalized spacial score (nSPS) is 11.8. The molecule has 1 aliphatic rings. The number of hydrogen-bond acceptors (Lipinski definition) is 3. The number of aryl methyl sites for hydroxylation is 1. The SMILES string of the molecule is Cc1c[nH]c(=O)c(C#CCCNC(=O)OCC2c3ccccc3-c3ccccc32)c1. The Balaban J connectivity index is 1.30. The lowest BCUT2D eigenvalue weighted by Crippen LogP contribution is -2.26. The van der Waals surface area contributed by atoms with E-state index in [1.54, 1.807) is 12.3 Å². The van der Waals surface area contributed by atoms with E-state index in [0.717, 1.165) is 5.56 Å². The zero-order valence-electron chi connectivity index (χ0n) is 16.7. The Labute approximate surface area is 175 Å². The minimum atomic E-state index is -0.466. The van der Waals surface area contributed by atoms with Crippen molar-refractivity contribution in [3.05, 3.63) is 93.4 Å². The summed E-state index contributed by atoms with van der Waals surface area (Å²) in [6, 6.07) is 18.2. The van der Waals surface area contributed by atoms with Gasteiger partial charge in [-0.1, -0.05) is 60.4 Å². The maximum Gasteiger partial charge on any atom is 0.407 e. The van der Waals surface area contributed by atoms with Crippen LogP contribution in [0.3, 0.4) is 0 Å². The monoisotopic (exact) mass is 398 g/mol. The van der Waals surface area contributed by atoms with Crippen LogP contribution in [0.2, 0.25) is 0 Å². The number of ether oxygens (including phenoxy) is 1. The van der Waals surface area contributed by atoms with Crippen LogP contribution in [0.25, 0.3) is 11.1 Å². The van der Waals surface area contributed by atoms with Crippen LogP contribution < -0.4 is 10.9 Å². The van der Waals surface area contributed by atoms with Crippen molar-refractivity contribution in [2.45, 2.75) is 19.3 Å². The molecule has 0 fully saturated rings. The first-order chi connectivity index (χ1) is 14.6. The van der Waals surface area contributed by atoms with Gasteiger partial charge in [0.1, 0.15) is 6.61 Å². The van der Waals surface area contributed by atoms with Crippen molar-refractivity contribution in [2.75, 3.05) is 13.2 Å². The van der Waals surface area contributed by atoms with E-state index >= 15 is 0 Å². The molecule has 0 aliphatic heterocycles. The molecular weight excluding hydrogens is 376 g/mol. The number of amides is 1. The van der Waals surface area contributed by atoms with Crippen LogP contribution in [0, 0.1) is 18.8 Å². The Morgan fingerprint density at radius 2 is 1.77 bits per heavy atom. The second-order valence-corrected chi connectivity index (χ2v) is 7.22. The molecular formula is C25H22N2O3. The summed E-state index contributed by atoms with van der Waals surface area (Å²) in [4.78, 5) is 26.4. The molecule has 0 saturated carbocycles. The molecule has 0 atom stereocenters. The number of H-pyrrole nitrogens is 1. The van der Waals surface area contributed by atoms with Gasteiger partial charge in [-0.25, -0.2) is 4.79 Å². The van der Waals surface area contributed by atoms with Gasteiger partial charge in [-0.2, -0.15) is 0 Å². The van der Waals surface area contributed by atoms with Gasteiger partial charge >= 0.3 is 6.09 Å². The van der Waals surface area contributed by atoms with Crippen molar-refractivity contribution in [3.8, 4) is 23.0 Å². The number of pyridine rings is 1. The average molecular weight is 398 g/mol. The molecule has 150 valence electrons. The zero-order chi connectivity index (χ0) is 20.9. The third-order valence-corrected chi connectivity index (χ3v) is 5.13. The second-order valence-electron chi connectivity index (χ2n) is 7.22. The van der Waals surface area contributed by atoms with E-state index in [0.29, 0.717) is 18.5 Å². The molecule has 1 aliphatic carbocycles. The van der Waals surface area contributed by atoms with Gasteiger partial charge in [0.05, 0.1) is 5.56 Å². The largest absolute Gasteiger partial charge is 0.449 e. The molecule has 0 unspecified atom stereocenters. The highest BCUT2D eigenvalue weighted by atomic mass is 16.5. The van der Waals surface area contributed by atoms with Crippen LogP contribution in [0.4, 0.5) is 4.79 Å². The van der Waals surface area contributed by atoms with E-state index in [4.69, 9.17) is 4.74 Å². The number of carbonyl (C=O) groups is 1. The summed E-state index contributed by atoms with van der Waals surface area (Å²) >= 11 is 0. The third kappa shape index (κ3) is 4.13. The van der Waals surface area contributed by atoms with Gasteiger partial charge in [-0.05, 0) is 40.8 Å². The highest BCUT2D eigenvalue weighted by molar-refractivity contribution is 5.79. The number of alkyl carbamates (subject to hydrolysis) is 1. The Kier molecular flexibility index (Phi) is 5.67. The smallest absolute Gasteiger partial charge is 0.407 e. The van der Waals surface area contributed by atoms with Gasteiger partial charge in [0.2, 0.25) is 0 Å². The molecule has 1 amide bonds. The molecule has 4 rings (SSSR count). The van der Waals surface area contributed by atoms with Crippen molar-refractivity contribution in [1.82, 2.24) is 10.3 Å². The lowest BCUT2D eigenvalue weighted by atomic mass is 9.98. The zero-order valence-corrected chi connectivity index (χ0v) is 16.7. The van der Waals surface area contributed by atoms with Crippen LogP contribution in [0.15, 0.2) is 65.6 Å². The summed E-state index contributed by atoms with van der Waals surface area (Å²) in [6.07, 6.45) is 1.61. The predicted octanol–water partition coefficient (Wildman–Crippen LogP) is 3.96. The highest BCUT2D eigenvalue weighted by Gasteiger charge is 2.28. The Morgan fingerprint density at radius 1 is 1.10 bits per heavy atom. The molecule has 0 saturated heterocycles. The first kappa shape index (κ1) is 19.5. The molecule has 1 aromatic heterocycles. The van der Waals surface area contributed by atoms with Crippen molar-refractivity contribution in [2.24, 2.45) is 0 Å². The van der Waals surface area contributed by atoms with Gasteiger partial charge in [0, 0.05) is 25.1 Å². The highest BCUT2D eigenvalue weighted by Crippen LogP contribution is 2.44. The summed E-state index contributed by atoms with van der Waals surface area (Å²) in [5.41, 5.74) is 5.91. The molecule has 1 heterocycles. The van der Waals surface area contributed by atoms with E-state index in [9.17, 15) is 9.59 Å². The van der Waals surface area contributed by atoms with Crippen LogP contribution in [0.1, 0.15) is 34.6 Å². The number of hydrogen-bond donors (Lipinski definition) is 2. The van der Waals surface area contributed by atoms with Gasteiger partial charge < -0.3 is 15.0 Å². The lowest BCUT2D eigenvalue weighted by Gasteiger charge is -2.14. The number of aromatic amines is 1. The summed E-state index contributed by atoms with van der Waals surface area (Å²) < 4.78 is 5.49. The molecule has 2 aromatic carbocycles. The fraction of sp³-hybridized carbons (Fsp3) is 0.200. The topological polar surface area (TPSA) is 71.2 Å². The fourth-order valence-corrected chi connectivity index (χ4v) is 3.72. The van der Waals surface area contributed by atoms with Crippen LogP contribution in [-0.4, -0.2) is 24.2 Å². The summed E-state index contributed by atoms with van der Waals surface area (Å²) in [5.74, 6) is 5.79. The quantitative estimate of drug-likeness (QED) is 0.516. The number of rotatable bonds is 4. The van der Waals surface area contributed by atoms with Gasteiger partial charge in [-0.3, -0.25) is 4.79 Å². The van der Waals surface area contributed by atoms with Gasteiger partial charge in [-0.15, -0.1) is 0 Å². The number of carbonyl (C=O) groups excluding carboxylic acids is 1. The Bertz CT molecular complexity index is 1160. The van der Waals surface area contributed by atoms with Crippen LogP contribution >= 0.6 is 0 Å². The fourth-order valence-electron chi connectivity index (χ4n) is 3.72. The number of benzene rings is 2. The van der Waals surface area contributed by atoms with Crippen molar-refractivity contribution < 1.29 is 9.53 Å². The van der Waals surface area contributed by atoms with Crippen molar-refractivity contribution in [3.63, 3.8) is 0 Å². The molecule has 5 heteroatoms. The first-order valence-electron chi connectivity index (χ1n) is 9.90. The lowest BCUT2D eigenvalue weighted by molar-refractivity contribution is 0.143. The molecule has 5 nitrogen and oxygen atoms in total. The Morgan fingerprint density at radius 3 is 2.47 bits per heavy atom. The molecule has 2 N–H and O–H groups in total. The number of fused-ring (bicyclic) bond motifs is 3. The van der Waals surface area contributed by atoms with Crippen molar-refractivity contribution in [1.29, 1.82) is 0 Å². The second kappa shape index (κ2) is 8.71. The predicted molar refractivity (Wildman–Crippen MR) is 116 cm³/mol. The van der Waals surface area contributed by atoms with E-state index in [1.807, 2.05) is 31.2 Å². The summed E-state index contributed by atoms with van der Waals surface area (Å²) in [6.45, 7) is 2.53. The summed E-state index contributed by atoms with van der Waals surface area (Å²) in [7, 11) is 0. The maximum absolute atomic E-state index is 12.1. The standard InChI is InChI=1S/C25H22N2O3/c1-17-14-18(24(28)27-15-17)8-6-7-13-26-25(29)30-16-23-21-11-4-2-9-19(21)20-10-3-5-12-22(20)23/h2-5,9-12,14-15,23H,7,13,16H2,1H3,(H,26,29)(H,27,28). The van der Waals surface area contributed by atoms with E-state index in [-0.39, 0.29) is 18.1 Å². The van der Waals surface area contributed by atoms with E-state index in [1.165, 1.54) is 22.3 Å². The van der Waals surface area contributed by atoms with E-state index in [2.05, 4.69) is 46.4 Å². The van der Waals surface area contributed by atoms with Crippen LogP contribution in [0.5, 0.6) is 0 Å². The molecule has 0 spiro atoms. The first-order valence-corrected chi connectivity index (χ1v) is 9.90. The van der Waals surface area contributed by atoms with Crippen molar-refractivity contribution >= 4 is 6.09 Å². The van der Waals surface area contributed by atoms with Gasteiger partial charge in [0.25, 0.3) is 5.56 Å². The number of aromatic nitrogens is 1. The molecule has 0 radical (unpaired) electrons. The summed E-state index contributed by atoms with van der Waals surface area (Å²) in [5, 5.41) is 2.72. The van der Waals surface area contributed by atoms with Gasteiger partial charge in [0.15, 0.2) is 0 Å². The Hall–Kier alpha value is -3.78. The van der Waals surface area contributed by atoms with Crippen LogP contribution in [-0.2, 0) is 4.74 Å². The average Bonchev–Trinajstić information content (AvgIpc) is 3.08. The van der Waals surface area contributed by atoms with E-state index < -0.39 is 6.09 Å². The molecule has 30 heavy (non-hydrogen) atoms. The minimum absolute atomic E-state index is 0.0380. The maximum atomic E-state index is 12.1. The molecule has 0 bridgehead atoms.